The number of piperidine rings is 1. The first-order valence-electron chi connectivity index (χ1n) is 8.68. The zero-order valence-electron chi connectivity index (χ0n) is 14.7. The number of nitrogens with zero attached hydrogens (tertiary/aromatic N) is 4. The number of benzene rings is 1. The van der Waals surface area contributed by atoms with Crippen LogP contribution in [0.25, 0.3) is 11.3 Å². The molecule has 1 aromatic heterocycles. The maximum Gasteiger partial charge on any atom is 0.147 e. The Balaban J connectivity index is 1.65. The Morgan fingerprint density at radius 3 is 2.38 bits per heavy atom. The fourth-order valence-corrected chi connectivity index (χ4v) is 2.96. The normalized spacial score (nSPS) is 15.9. The summed E-state index contributed by atoms with van der Waals surface area (Å²) >= 11 is 0. The molecule has 1 saturated heterocycles. The maximum atomic E-state index is 5.96. The zero-order chi connectivity index (χ0) is 16.9. The summed E-state index contributed by atoms with van der Waals surface area (Å²) in [6.45, 7) is 3.00. The van der Waals surface area contributed by atoms with Gasteiger partial charge in [-0.25, -0.2) is 4.98 Å². The summed E-state index contributed by atoms with van der Waals surface area (Å²) in [5.41, 5.74) is 9.35. The van der Waals surface area contributed by atoms with Crippen molar-refractivity contribution in [2.45, 2.75) is 25.3 Å². The van der Waals surface area contributed by atoms with E-state index in [2.05, 4.69) is 58.1 Å². The van der Waals surface area contributed by atoms with Gasteiger partial charge in [0.05, 0.1) is 18.1 Å². The van der Waals surface area contributed by atoms with Crippen LogP contribution in [0.15, 0.2) is 36.7 Å². The van der Waals surface area contributed by atoms with Crippen molar-refractivity contribution < 1.29 is 0 Å². The molecule has 0 radical (unpaired) electrons. The van der Waals surface area contributed by atoms with Crippen molar-refractivity contribution in [1.82, 2.24) is 14.9 Å². The maximum absolute atomic E-state index is 5.96. The highest BCUT2D eigenvalue weighted by atomic mass is 15.2. The largest absolute Gasteiger partial charge is 0.355 e. The summed E-state index contributed by atoms with van der Waals surface area (Å²) in [5.74, 6) is 0.952. The van der Waals surface area contributed by atoms with Crippen LogP contribution in [0.3, 0.4) is 0 Å². The number of hydrogen-bond acceptors (Lipinski definition) is 5. The first-order chi connectivity index (χ1) is 11.6. The van der Waals surface area contributed by atoms with Gasteiger partial charge in [0.25, 0.3) is 0 Å². The molecule has 5 heteroatoms. The van der Waals surface area contributed by atoms with Crippen LogP contribution in [0.2, 0.25) is 0 Å². The molecule has 2 aromatic rings. The number of rotatable bonds is 5. The molecule has 128 valence electrons. The van der Waals surface area contributed by atoms with Crippen molar-refractivity contribution in [1.29, 1.82) is 0 Å². The molecule has 0 amide bonds. The molecule has 0 unspecified atom stereocenters. The second kappa shape index (κ2) is 7.73. The molecule has 1 fully saturated rings. The van der Waals surface area contributed by atoms with Crippen LogP contribution in [0.1, 0.15) is 18.4 Å². The minimum Gasteiger partial charge on any atom is -0.355 e. The molecule has 0 aliphatic carbocycles. The molecule has 2 heterocycles. The van der Waals surface area contributed by atoms with Gasteiger partial charge in [-0.05, 0) is 38.9 Å². The molecule has 24 heavy (non-hydrogen) atoms. The van der Waals surface area contributed by atoms with Gasteiger partial charge in [0.1, 0.15) is 5.82 Å². The van der Waals surface area contributed by atoms with E-state index < -0.39 is 0 Å². The lowest BCUT2D eigenvalue weighted by molar-refractivity contribution is 0.413. The fraction of sp³-hybridized carbons (Fsp3) is 0.474. The van der Waals surface area contributed by atoms with Crippen molar-refractivity contribution >= 4 is 5.82 Å². The first-order valence-corrected chi connectivity index (χ1v) is 8.68. The molecular formula is C19H27N5. The van der Waals surface area contributed by atoms with Gasteiger partial charge in [0.2, 0.25) is 0 Å². The smallest absolute Gasteiger partial charge is 0.147 e. The average Bonchev–Trinajstić information content (AvgIpc) is 2.61. The van der Waals surface area contributed by atoms with Gasteiger partial charge < -0.3 is 15.5 Å². The van der Waals surface area contributed by atoms with Gasteiger partial charge >= 0.3 is 0 Å². The molecule has 5 nitrogen and oxygen atoms in total. The topological polar surface area (TPSA) is 58.3 Å². The van der Waals surface area contributed by atoms with Gasteiger partial charge in [-0.1, -0.05) is 24.3 Å². The Labute approximate surface area is 144 Å². The van der Waals surface area contributed by atoms with Crippen molar-refractivity contribution in [3.05, 3.63) is 42.2 Å². The summed E-state index contributed by atoms with van der Waals surface area (Å²) in [6.07, 6.45) is 6.87. The number of hydrogen-bond donors (Lipinski definition) is 1. The predicted molar refractivity (Wildman–Crippen MR) is 99.1 cm³/mol. The Hall–Kier alpha value is -1.98. The quantitative estimate of drug-likeness (QED) is 0.913. The molecule has 0 atom stereocenters. The van der Waals surface area contributed by atoms with Crippen LogP contribution >= 0.6 is 0 Å². The van der Waals surface area contributed by atoms with E-state index in [-0.39, 0.29) is 0 Å². The highest BCUT2D eigenvalue weighted by Crippen LogP contribution is 2.21. The Morgan fingerprint density at radius 1 is 1.08 bits per heavy atom. The van der Waals surface area contributed by atoms with E-state index in [9.17, 15) is 0 Å². The molecule has 0 bridgehead atoms. The van der Waals surface area contributed by atoms with E-state index in [4.69, 9.17) is 5.73 Å². The molecule has 3 rings (SSSR count). The summed E-state index contributed by atoms with van der Waals surface area (Å²) in [4.78, 5) is 13.7. The van der Waals surface area contributed by atoms with Crippen LogP contribution in [-0.2, 0) is 6.42 Å². The van der Waals surface area contributed by atoms with E-state index in [0.717, 1.165) is 56.0 Å². The molecule has 0 saturated carbocycles. The second-order valence-corrected chi connectivity index (χ2v) is 6.83. The monoisotopic (exact) mass is 325 g/mol. The molecule has 0 spiro atoms. The third-order valence-electron chi connectivity index (χ3n) is 4.60. The lowest BCUT2D eigenvalue weighted by atomic mass is 10.1. The van der Waals surface area contributed by atoms with Gasteiger partial charge in [0.15, 0.2) is 0 Å². The SMILES string of the molecule is CN(C)CCc1ccc(-c2cnc(N3CCC(N)CC3)cn2)cc1. The number of anilines is 1. The van der Waals surface area contributed by atoms with E-state index in [1.165, 1.54) is 5.56 Å². The number of aromatic nitrogens is 2. The lowest BCUT2D eigenvalue weighted by Gasteiger charge is -2.30. The Kier molecular flexibility index (Phi) is 5.43. The minimum atomic E-state index is 0.333. The van der Waals surface area contributed by atoms with Crippen LogP contribution in [0, 0.1) is 0 Å². The summed E-state index contributed by atoms with van der Waals surface area (Å²) in [6, 6.07) is 8.96. The van der Waals surface area contributed by atoms with Crippen LogP contribution in [0.5, 0.6) is 0 Å². The molecule has 2 N–H and O–H groups in total. The van der Waals surface area contributed by atoms with Crippen molar-refractivity contribution in [2.24, 2.45) is 5.73 Å². The predicted octanol–water partition coefficient (Wildman–Crippen LogP) is 2.18. The van der Waals surface area contributed by atoms with Gasteiger partial charge in [-0.3, -0.25) is 4.98 Å². The fourth-order valence-electron chi connectivity index (χ4n) is 2.96. The van der Waals surface area contributed by atoms with E-state index in [1.54, 1.807) is 0 Å². The van der Waals surface area contributed by atoms with Gasteiger partial charge in [0, 0.05) is 31.2 Å². The van der Waals surface area contributed by atoms with E-state index in [0.29, 0.717) is 6.04 Å². The summed E-state index contributed by atoms with van der Waals surface area (Å²) in [5, 5.41) is 0. The molecule has 1 aromatic carbocycles. The highest BCUT2D eigenvalue weighted by Gasteiger charge is 2.17. The van der Waals surface area contributed by atoms with E-state index >= 15 is 0 Å². The minimum absolute atomic E-state index is 0.333. The molecule has 1 aliphatic heterocycles. The molecular weight excluding hydrogens is 298 g/mol. The highest BCUT2D eigenvalue weighted by molar-refractivity contribution is 5.59. The van der Waals surface area contributed by atoms with Crippen LogP contribution in [-0.4, -0.2) is 54.6 Å². The molecule has 1 aliphatic rings. The zero-order valence-corrected chi connectivity index (χ0v) is 14.7. The summed E-state index contributed by atoms with van der Waals surface area (Å²) < 4.78 is 0. The van der Waals surface area contributed by atoms with Gasteiger partial charge in [-0.15, -0.1) is 0 Å². The van der Waals surface area contributed by atoms with Crippen LogP contribution in [0.4, 0.5) is 5.82 Å². The third-order valence-corrected chi connectivity index (χ3v) is 4.60. The van der Waals surface area contributed by atoms with Crippen LogP contribution < -0.4 is 10.6 Å². The summed E-state index contributed by atoms with van der Waals surface area (Å²) in [7, 11) is 4.20. The van der Waals surface area contributed by atoms with Crippen molar-refractivity contribution in [3.63, 3.8) is 0 Å². The average molecular weight is 325 g/mol. The van der Waals surface area contributed by atoms with Crippen molar-refractivity contribution in [2.75, 3.05) is 38.6 Å². The third kappa shape index (κ3) is 4.30. The Morgan fingerprint density at radius 2 is 1.79 bits per heavy atom. The Bertz CT molecular complexity index is 628. The van der Waals surface area contributed by atoms with E-state index in [1.807, 2.05) is 12.4 Å². The number of nitrogens with two attached hydrogens (primary N) is 1. The lowest BCUT2D eigenvalue weighted by Crippen LogP contribution is -2.40. The first kappa shape index (κ1) is 16.9. The van der Waals surface area contributed by atoms with Gasteiger partial charge in [-0.2, -0.15) is 0 Å². The number of likely N-dealkylation sites (N-methyl/N-ethyl adjacent to an activating group) is 1. The standard InChI is InChI=1S/C19H27N5/c1-23(2)10-7-15-3-5-16(6-4-15)18-13-22-19(14-21-18)24-11-8-17(20)9-12-24/h3-6,13-14,17H,7-12,20H2,1-2H3. The van der Waals surface area contributed by atoms with Crippen molar-refractivity contribution in [3.8, 4) is 11.3 Å². The second-order valence-electron chi connectivity index (χ2n) is 6.83.